The highest BCUT2D eigenvalue weighted by Crippen LogP contribution is 2.21. The summed E-state index contributed by atoms with van der Waals surface area (Å²) in [5, 5.41) is 2.97. The lowest BCUT2D eigenvalue weighted by Gasteiger charge is -2.33. The maximum Gasteiger partial charge on any atom is 0.244 e. The maximum atomic E-state index is 13.6. The molecule has 186 valence electrons. The van der Waals surface area contributed by atoms with Crippen LogP contribution in [0.15, 0.2) is 59.1 Å². The monoisotopic (exact) mass is 551 g/mol. The van der Waals surface area contributed by atoms with Gasteiger partial charge in [0.2, 0.25) is 21.8 Å². The third-order valence-electron chi connectivity index (χ3n) is 5.66. The minimum Gasteiger partial charge on any atom is -0.352 e. The van der Waals surface area contributed by atoms with Crippen LogP contribution < -0.4 is 9.62 Å². The first-order valence-electron chi connectivity index (χ1n) is 11.4. The van der Waals surface area contributed by atoms with E-state index in [9.17, 15) is 18.0 Å². The number of carbonyl (C=O) groups is 2. The van der Waals surface area contributed by atoms with Gasteiger partial charge in [-0.2, -0.15) is 0 Å². The van der Waals surface area contributed by atoms with E-state index in [1.807, 2.05) is 51.1 Å². The van der Waals surface area contributed by atoms with Crippen LogP contribution >= 0.6 is 15.9 Å². The molecule has 9 heteroatoms. The molecule has 0 bridgehead atoms. The summed E-state index contributed by atoms with van der Waals surface area (Å²) in [5.74, 6) is -0.650. The molecule has 2 atom stereocenters. The Kier molecular flexibility index (Phi) is 10.6. The number of halogens is 1. The summed E-state index contributed by atoms with van der Waals surface area (Å²) in [6, 6.07) is 15.7. The van der Waals surface area contributed by atoms with Crippen molar-refractivity contribution in [3.63, 3.8) is 0 Å². The third-order valence-corrected chi connectivity index (χ3v) is 7.33. The standard InChI is InChI=1S/C25H34BrN3O4S/c1-5-19(3)27-25(31)23(6-2)28(17-16-20-10-8-7-9-11-20)24(30)18-29(34(4,32)33)22-14-12-21(26)13-15-22/h7-15,19,23H,5-6,16-18H2,1-4H3,(H,27,31). The molecule has 0 saturated heterocycles. The molecule has 34 heavy (non-hydrogen) atoms. The van der Waals surface area contributed by atoms with Gasteiger partial charge in [0.1, 0.15) is 12.6 Å². The molecule has 7 nitrogen and oxygen atoms in total. The van der Waals surface area contributed by atoms with Gasteiger partial charge in [-0.15, -0.1) is 0 Å². The lowest BCUT2D eigenvalue weighted by atomic mass is 10.1. The number of sulfonamides is 1. The number of carbonyl (C=O) groups excluding carboxylic acids is 2. The molecule has 2 rings (SSSR count). The van der Waals surface area contributed by atoms with Crippen LogP contribution in [0, 0.1) is 0 Å². The second-order valence-corrected chi connectivity index (χ2v) is 11.1. The third kappa shape index (κ3) is 8.13. The van der Waals surface area contributed by atoms with Crippen molar-refractivity contribution in [2.24, 2.45) is 0 Å². The molecule has 2 unspecified atom stereocenters. The fourth-order valence-corrected chi connectivity index (χ4v) is 4.67. The number of anilines is 1. The van der Waals surface area contributed by atoms with Crippen LogP contribution in [0.25, 0.3) is 0 Å². The molecule has 0 aromatic heterocycles. The quantitative estimate of drug-likeness (QED) is 0.432. The Labute approximate surface area is 211 Å². The summed E-state index contributed by atoms with van der Waals surface area (Å²) >= 11 is 3.34. The molecule has 0 spiro atoms. The van der Waals surface area contributed by atoms with Crippen molar-refractivity contribution in [2.75, 3.05) is 23.7 Å². The zero-order valence-electron chi connectivity index (χ0n) is 20.2. The average Bonchev–Trinajstić information content (AvgIpc) is 2.80. The van der Waals surface area contributed by atoms with Gasteiger partial charge < -0.3 is 10.2 Å². The van der Waals surface area contributed by atoms with E-state index < -0.39 is 22.0 Å². The van der Waals surface area contributed by atoms with Crippen molar-refractivity contribution >= 4 is 43.5 Å². The number of nitrogens with zero attached hydrogens (tertiary/aromatic N) is 2. The fourth-order valence-electron chi connectivity index (χ4n) is 3.56. The van der Waals surface area contributed by atoms with Gasteiger partial charge in [-0.25, -0.2) is 8.42 Å². The SMILES string of the molecule is CCC(C)NC(=O)C(CC)N(CCc1ccccc1)C(=O)CN(c1ccc(Br)cc1)S(C)(=O)=O. The second-order valence-electron chi connectivity index (χ2n) is 8.31. The summed E-state index contributed by atoms with van der Waals surface area (Å²) in [6.07, 6.45) is 2.81. The van der Waals surface area contributed by atoms with Crippen molar-refractivity contribution < 1.29 is 18.0 Å². The Bertz CT molecular complexity index is 1050. The molecule has 0 aliphatic carbocycles. The molecular weight excluding hydrogens is 518 g/mol. The van der Waals surface area contributed by atoms with Gasteiger partial charge in [0.25, 0.3) is 0 Å². The molecule has 2 amide bonds. The zero-order valence-corrected chi connectivity index (χ0v) is 22.6. The van der Waals surface area contributed by atoms with E-state index in [-0.39, 0.29) is 18.5 Å². The van der Waals surface area contributed by atoms with E-state index in [4.69, 9.17) is 0 Å². The predicted molar refractivity (Wildman–Crippen MR) is 140 cm³/mol. The van der Waals surface area contributed by atoms with Gasteiger partial charge >= 0.3 is 0 Å². The molecule has 0 aliphatic heterocycles. The van der Waals surface area contributed by atoms with Gasteiger partial charge in [-0.1, -0.05) is 60.1 Å². The summed E-state index contributed by atoms with van der Waals surface area (Å²) in [5.41, 5.74) is 1.42. The van der Waals surface area contributed by atoms with E-state index in [1.54, 1.807) is 24.3 Å². The molecule has 0 radical (unpaired) electrons. The van der Waals surface area contributed by atoms with Crippen molar-refractivity contribution in [1.82, 2.24) is 10.2 Å². The topological polar surface area (TPSA) is 86.8 Å². The van der Waals surface area contributed by atoms with E-state index in [0.29, 0.717) is 25.1 Å². The zero-order chi connectivity index (χ0) is 25.3. The van der Waals surface area contributed by atoms with Gasteiger partial charge in [-0.05, 0) is 56.0 Å². The highest BCUT2D eigenvalue weighted by molar-refractivity contribution is 9.10. The minimum atomic E-state index is -3.73. The first-order chi connectivity index (χ1) is 16.1. The van der Waals surface area contributed by atoms with Crippen LogP contribution in [0.5, 0.6) is 0 Å². The smallest absolute Gasteiger partial charge is 0.244 e. The Morgan fingerprint density at radius 1 is 1.00 bits per heavy atom. The predicted octanol–water partition coefficient (Wildman–Crippen LogP) is 3.98. The average molecular weight is 553 g/mol. The van der Waals surface area contributed by atoms with Gasteiger partial charge in [0.15, 0.2) is 0 Å². The summed E-state index contributed by atoms with van der Waals surface area (Å²) < 4.78 is 27.0. The lowest BCUT2D eigenvalue weighted by Crippen LogP contribution is -2.54. The van der Waals surface area contributed by atoms with Crippen molar-refractivity contribution in [3.05, 3.63) is 64.6 Å². The Hall–Kier alpha value is -2.39. The molecule has 0 saturated carbocycles. The summed E-state index contributed by atoms with van der Waals surface area (Å²) in [7, 11) is -3.73. The molecule has 0 aliphatic rings. The Morgan fingerprint density at radius 2 is 1.62 bits per heavy atom. The Morgan fingerprint density at radius 3 is 2.15 bits per heavy atom. The van der Waals surface area contributed by atoms with Crippen LogP contribution in [-0.2, 0) is 26.0 Å². The Balaban J connectivity index is 2.34. The van der Waals surface area contributed by atoms with Gasteiger partial charge in [-0.3, -0.25) is 13.9 Å². The van der Waals surface area contributed by atoms with Crippen LogP contribution in [0.3, 0.4) is 0 Å². The van der Waals surface area contributed by atoms with Gasteiger partial charge in [0, 0.05) is 17.1 Å². The first kappa shape index (κ1) is 27.9. The number of amides is 2. The lowest BCUT2D eigenvalue weighted by molar-refractivity contribution is -0.139. The summed E-state index contributed by atoms with van der Waals surface area (Å²) in [4.78, 5) is 28.1. The largest absolute Gasteiger partial charge is 0.352 e. The van der Waals surface area contributed by atoms with Crippen LogP contribution in [0.4, 0.5) is 5.69 Å². The van der Waals surface area contributed by atoms with Crippen LogP contribution in [-0.4, -0.2) is 56.6 Å². The second kappa shape index (κ2) is 12.9. The van der Waals surface area contributed by atoms with E-state index >= 15 is 0 Å². The first-order valence-corrected chi connectivity index (χ1v) is 14.1. The number of hydrogen-bond donors (Lipinski definition) is 1. The minimum absolute atomic E-state index is 0.0251. The fraction of sp³-hybridized carbons (Fsp3) is 0.440. The highest BCUT2D eigenvalue weighted by atomic mass is 79.9. The van der Waals surface area contributed by atoms with Crippen LogP contribution in [0.1, 0.15) is 39.2 Å². The molecule has 2 aromatic carbocycles. The maximum absolute atomic E-state index is 13.6. The number of benzene rings is 2. The molecule has 0 heterocycles. The van der Waals surface area contributed by atoms with E-state index in [1.165, 1.54) is 4.90 Å². The molecule has 2 aromatic rings. The normalized spacial score (nSPS) is 13.1. The molecule has 0 fully saturated rings. The van der Waals surface area contributed by atoms with E-state index in [0.717, 1.165) is 27.0 Å². The van der Waals surface area contributed by atoms with Gasteiger partial charge in [0.05, 0.1) is 11.9 Å². The van der Waals surface area contributed by atoms with E-state index in [2.05, 4.69) is 21.2 Å². The molecule has 1 N–H and O–H groups in total. The van der Waals surface area contributed by atoms with Crippen molar-refractivity contribution in [3.8, 4) is 0 Å². The number of hydrogen-bond acceptors (Lipinski definition) is 4. The number of nitrogens with one attached hydrogen (secondary N) is 1. The summed E-state index contributed by atoms with van der Waals surface area (Å²) in [6.45, 7) is 5.66. The number of rotatable bonds is 12. The van der Waals surface area contributed by atoms with Crippen molar-refractivity contribution in [1.29, 1.82) is 0 Å². The van der Waals surface area contributed by atoms with Crippen molar-refractivity contribution in [2.45, 2.75) is 52.1 Å². The van der Waals surface area contributed by atoms with Crippen LogP contribution in [0.2, 0.25) is 0 Å². The molecular formula is C25H34BrN3O4S. The highest BCUT2D eigenvalue weighted by Gasteiger charge is 2.31.